The molecule has 0 amide bonds. The number of anilines is 1. The molecule has 4 heterocycles. The van der Waals surface area contributed by atoms with Crippen molar-refractivity contribution in [2.24, 2.45) is 11.7 Å². The lowest BCUT2D eigenvalue weighted by Crippen LogP contribution is -2.27. The van der Waals surface area contributed by atoms with E-state index < -0.39 is 0 Å². The zero-order valence-corrected chi connectivity index (χ0v) is 14.3. The van der Waals surface area contributed by atoms with Gasteiger partial charge in [0, 0.05) is 43.2 Å². The van der Waals surface area contributed by atoms with E-state index in [9.17, 15) is 4.79 Å². The Labute approximate surface area is 150 Å². The Morgan fingerprint density at radius 2 is 2.12 bits per heavy atom. The van der Waals surface area contributed by atoms with Crippen molar-refractivity contribution in [3.05, 3.63) is 59.0 Å². The first-order chi connectivity index (χ1) is 12.7. The summed E-state index contributed by atoms with van der Waals surface area (Å²) in [5, 5.41) is 8.33. The van der Waals surface area contributed by atoms with E-state index in [1.165, 1.54) is 4.68 Å². The van der Waals surface area contributed by atoms with Gasteiger partial charge in [-0.25, -0.2) is 4.68 Å². The molecular formula is C18H20N6O2. The third-order valence-electron chi connectivity index (χ3n) is 4.68. The highest BCUT2D eigenvalue weighted by Gasteiger charge is 2.22. The van der Waals surface area contributed by atoms with Gasteiger partial charge in [0.2, 0.25) is 0 Å². The van der Waals surface area contributed by atoms with Crippen molar-refractivity contribution in [3.8, 4) is 11.3 Å². The summed E-state index contributed by atoms with van der Waals surface area (Å²) in [5.74, 6) is 1.06. The number of rotatable bonds is 5. The quantitative estimate of drug-likeness (QED) is 0.734. The first kappa shape index (κ1) is 16.5. The van der Waals surface area contributed by atoms with E-state index in [-0.39, 0.29) is 12.1 Å². The standard InChI is InChI=1S/C18H20N6O2/c19-9-13-3-6-23(11-13)15-7-18(25)24(21-10-15)12-16-8-17(22-26-16)14-1-4-20-5-2-14/h1-2,4-5,7-8,10,13H,3,6,9,11-12,19H2. The molecule has 1 aliphatic rings. The zero-order chi connectivity index (χ0) is 17.9. The minimum Gasteiger partial charge on any atom is -0.370 e. The van der Waals surface area contributed by atoms with E-state index in [2.05, 4.69) is 20.1 Å². The molecule has 1 unspecified atom stereocenters. The maximum Gasteiger partial charge on any atom is 0.269 e. The highest BCUT2D eigenvalue weighted by molar-refractivity contribution is 5.57. The molecule has 26 heavy (non-hydrogen) atoms. The van der Waals surface area contributed by atoms with Gasteiger partial charge >= 0.3 is 0 Å². The Kier molecular flexibility index (Phi) is 4.49. The van der Waals surface area contributed by atoms with Gasteiger partial charge in [0.1, 0.15) is 12.2 Å². The number of pyridine rings is 1. The number of hydrogen-bond donors (Lipinski definition) is 1. The molecule has 1 atom stereocenters. The lowest BCUT2D eigenvalue weighted by Gasteiger charge is -2.18. The molecule has 1 fully saturated rings. The molecule has 134 valence electrons. The molecule has 0 bridgehead atoms. The first-order valence-electron chi connectivity index (χ1n) is 8.61. The molecule has 1 saturated heterocycles. The van der Waals surface area contributed by atoms with Crippen LogP contribution in [-0.4, -0.2) is 39.6 Å². The molecule has 0 spiro atoms. The lowest BCUT2D eigenvalue weighted by molar-refractivity contribution is 0.370. The highest BCUT2D eigenvalue weighted by atomic mass is 16.5. The lowest BCUT2D eigenvalue weighted by atomic mass is 10.1. The minimum atomic E-state index is -0.166. The summed E-state index contributed by atoms with van der Waals surface area (Å²) >= 11 is 0. The van der Waals surface area contributed by atoms with Crippen molar-refractivity contribution >= 4 is 5.69 Å². The fourth-order valence-corrected chi connectivity index (χ4v) is 3.17. The Morgan fingerprint density at radius 3 is 2.85 bits per heavy atom. The SMILES string of the molecule is NCC1CCN(c2cnn(Cc3cc(-c4ccncc4)no3)c(=O)c2)C1. The van der Waals surface area contributed by atoms with Gasteiger partial charge in [0.25, 0.3) is 5.56 Å². The van der Waals surface area contributed by atoms with Gasteiger partial charge < -0.3 is 15.2 Å². The fourth-order valence-electron chi connectivity index (χ4n) is 3.17. The highest BCUT2D eigenvalue weighted by Crippen LogP contribution is 2.21. The van der Waals surface area contributed by atoms with E-state index in [0.29, 0.717) is 23.9 Å². The van der Waals surface area contributed by atoms with Crippen LogP contribution in [0.3, 0.4) is 0 Å². The summed E-state index contributed by atoms with van der Waals surface area (Å²) in [5.41, 5.74) is 8.03. The van der Waals surface area contributed by atoms with Crippen LogP contribution in [0.5, 0.6) is 0 Å². The summed E-state index contributed by atoms with van der Waals surface area (Å²) in [4.78, 5) is 18.5. The van der Waals surface area contributed by atoms with Crippen molar-refractivity contribution in [2.75, 3.05) is 24.5 Å². The van der Waals surface area contributed by atoms with E-state index in [4.69, 9.17) is 10.3 Å². The summed E-state index contributed by atoms with van der Waals surface area (Å²) in [6, 6.07) is 7.13. The Bertz CT molecular complexity index is 936. The van der Waals surface area contributed by atoms with Crippen LogP contribution in [0.25, 0.3) is 11.3 Å². The predicted octanol–water partition coefficient (Wildman–Crippen LogP) is 1.13. The molecule has 3 aromatic heterocycles. The van der Waals surface area contributed by atoms with E-state index >= 15 is 0 Å². The Hall–Kier alpha value is -3.00. The van der Waals surface area contributed by atoms with Gasteiger partial charge in [0.05, 0.1) is 11.9 Å². The minimum absolute atomic E-state index is 0.166. The summed E-state index contributed by atoms with van der Waals surface area (Å²) in [6.45, 7) is 2.69. The molecule has 8 nitrogen and oxygen atoms in total. The van der Waals surface area contributed by atoms with Gasteiger partial charge in [-0.15, -0.1) is 0 Å². The molecule has 0 radical (unpaired) electrons. The molecular weight excluding hydrogens is 332 g/mol. The summed E-state index contributed by atoms with van der Waals surface area (Å²) in [7, 11) is 0. The number of nitrogens with two attached hydrogens (primary N) is 1. The van der Waals surface area contributed by atoms with Crippen LogP contribution in [0.4, 0.5) is 5.69 Å². The summed E-state index contributed by atoms with van der Waals surface area (Å²) in [6.07, 6.45) is 6.17. The smallest absolute Gasteiger partial charge is 0.269 e. The number of nitrogens with zero attached hydrogens (tertiary/aromatic N) is 5. The van der Waals surface area contributed by atoms with Crippen molar-refractivity contribution in [1.82, 2.24) is 19.9 Å². The number of hydrogen-bond acceptors (Lipinski definition) is 7. The zero-order valence-electron chi connectivity index (χ0n) is 14.3. The third kappa shape index (κ3) is 3.36. The van der Waals surface area contributed by atoms with Crippen LogP contribution in [0.15, 0.2) is 52.2 Å². The Morgan fingerprint density at radius 1 is 1.27 bits per heavy atom. The van der Waals surface area contributed by atoms with Gasteiger partial charge in [-0.05, 0) is 31.0 Å². The van der Waals surface area contributed by atoms with Crippen LogP contribution < -0.4 is 16.2 Å². The van der Waals surface area contributed by atoms with Crippen molar-refractivity contribution < 1.29 is 4.52 Å². The van der Waals surface area contributed by atoms with E-state index in [1.807, 2.05) is 18.2 Å². The van der Waals surface area contributed by atoms with Crippen LogP contribution in [-0.2, 0) is 6.54 Å². The predicted molar refractivity (Wildman–Crippen MR) is 96.7 cm³/mol. The van der Waals surface area contributed by atoms with Gasteiger partial charge in [0.15, 0.2) is 5.76 Å². The van der Waals surface area contributed by atoms with Crippen LogP contribution in [0.1, 0.15) is 12.2 Å². The van der Waals surface area contributed by atoms with Crippen LogP contribution >= 0.6 is 0 Å². The second kappa shape index (κ2) is 7.09. The molecule has 0 aromatic carbocycles. The molecule has 2 N–H and O–H groups in total. The van der Waals surface area contributed by atoms with E-state index in [0.717, 1.165) is 30.8 Å². The molecule has 1 aliphatic heterocycles. The molecule has 8 heteroatoms. The largest absolute Gasteiger partial charge is 0.370 e. The maximum atomic E-state index is 12.4. The van der Waals surface area contributed by atoms with Gasteiger partial charge in [-0.1, -0.05) is 5.16 Å². The van der Waals surface area contributed by atoms with Crippen molar-refractivity contribution in [1.29, 1.82) is 0 Å². The van der Waals surface area contributed by atoms with Gasteiger partial charge in [-0.2, -0.15) is 5.10 Å². The second-order valence-corrected chi connectivity index (χ2v) is 6.46. The average Bonchev–Trinajstić information content (AvgIpc) is 3.33. The topological polar surface area (TPSA) is 103 Å². The normalized spacial score (nSPS) is 17.0. The molecule has 0 aliphatic carbocycles. The van der Waals surface area contributed by atoms with Crippen LogP contribution in [0.2, 0.25) is 0 Å². The monoisotopic (exact) mass is 352 g/mol. The number of aromatic nitrogens is 4. The Balaban J connectivity index is 1.49. The van der Waals surface area contributed by atoms with Crippen molar-refractivity contribution in [2.45, 2.75) is 13.0 Å². The molecule has 4 rings (SSSR count). The maximum absolute atomic E-state index is 12.4. The van der Waals surface area contributed by atoms with Gasteiger partial charge in [-0.3, -0.25) is 9.78 Å². The average molecular weight is 352 g/mol. The molecule has 0 saturated carbocycles. The third-order valence-corrected chi connectivity index (χ3v) is 4.68. The van der Waals surface area contributed by atoms with Crippen LogP contribution in [0, 0.1) is 5.92 Å². The fraction of sp³-hybridized carbons (Fsp3) is 0.333. The van der Waals surface area contributed by atoms with Crippen molar-refractivity contribution in [3.63, 3.8) is 0 Å². The first-order valence-corrected chi connectivity index (χ1v) is 8.61. The molecule has 3 aromatic rings. The summed E-state index contributed by atoms with van der Waals surface area (Å²) < 4.78 is 6.71. The second-order valence-electron chi connectivity index (χ2n) is 6.46. The van der Waals surface area contributed by atoms with E-state index in [1.54, 1.807) is 24.7 Å².